The molecule has 0 aliphatic heterocycles. The molecule has 3 N–H and O–H groups in total. The number of halogens is 1. The van der Waals surface area contributed by atoms with Gasteiger partial charge < -0.3 is 15.7 Å². The standard InChI is InChI=1S/C25H39ClN2O2/c1-18(2)23(16-29)27-13-5-8-19-9-10-22(26)21(14-19)24(30)28-17-25-11-3-6-20(15-25)7-4-12-25/h9-10,14,18,20,23,27,29H,3-8,11-13,15-17H2,1-2H3,(H,28,30). The number of aliphatic hydroxyl groups excluding tert-OH is 1. The van der Waals surface area contributed by atoms with Crippen molar-refractivity contribution in [3.63, 3.8) is 0 Å². The molecule has 1 unspecified atom stereocenters. The van der Waals surface area contributed by atoms with Gasteiger partial charge in [0.15, 0.2) is 0 Å². The van der Waals surface area contributed by atoms with Crippen LogP contribution in [0.5, 0.6) is 0 Å². The number of aryl methyl sites for hydroxylation is 1. The van der Waals surface area contributed by atoms with E-state index in [2.05, 4.69) is 24.5 Å². The Hall–Kier alpha value is -1.10. The average molecular weight is 435 g/mol. The van der Waals surface area contributed by atoms with Crippen molar-refractivity contribution in [1.82, 2.24) is 10.6 Å². The molecule has 1 aromatic carbocycles. The highest BCUT2D eigenvalue weighted by molar-refractivity contribution is 6.33. The summed E-state index contributed by atoms with van der Waals surface area (Å²) >= 11 is 6.37. The second-order valence-corrected chi connectivity index (χ2v) is 10.3. The molecule has 0 heterocycles. The molecule has 2 fully saturated rings. The van der Waals surface area contributed by atoms with E-state index in [4.69, 9.17) is 11.6 Å². The predicted octanol–water partition coefficient (Wildman–Crippen LogP) is 4.97. The van der Waals surface area contributed by atoms with Gasteiger partial charge in [-0.3, -0.25) is 4.79 Å². The van der Waals surface area contributed by atoms with E-state index in [0.717, 1.165) is 37.4 Å². The molecule has 1 atom stereocenters. The van der Waals surface area contributed by atoms with Crippen molar-refractivity contribution in [2.75, 3.05) is 19.7 Å². The van der Waals surface area contributed by atoms with E-state index >= 15 is 0 Å². The molecule has 4 nitrogen and oxygen atoms in total. The number of hydrogen-bond donors (Lipinski definition) is 3. The number of hydrogen-bond acceptors (Lipinski definition) is 3. The summed E-state index contributed by atoms with van der Waals surface area (Å²) in [6.45, 7) is 6.00. The van der Waals surface area contributed by atoms with Gasteiger partial charge in [0.25, 0.3) is 5.91 Å². The predicted molar refractivity (Wildman–Crippen MR) is 124 cm³/mol. The lowest BCUT2D eigenvalue weighted by molar-refractivity contribution is 0.0681. The number of benzene rings is 1. The maximum atomic E-state index is 12.9. The van der Waals surface area contributed by atoms with E-state index in [-0.39, 0.29) is 18.6 Å². The van der Waals surface area contributed by atoms with E-state index in [9.17, 15) is 9.90 Å². The first-order valence-corrected chi connectivity index (χ1v) is 12.2. The molecule has 0 radical (unpaired) electrons. The quantitative estimate of drug-likeness (QED) is 0.455. The molecule has 2 aliphatic carbocycles. The molecule has 1 aromatic rings. The lowest BCUT2D eigenvalue weighted by Crippen LogP contribution is -2.43. The maximum Gasteiger partial charge on any atom is 0.252 e. The van der Waals surface area contributed by atoms with Gasteiger partial charge in [-0.1, -0.05) is 57.2 Å². The highest BCUT2D eigenvalue weighted by Gasteiger charge is 2.39. The van der Waals surface area contributed by atoms with Crippen LogP contribution >= 0.6 is 11.6 Å². The van der Waals surface area contributed by atoms with Crippen LogP contribution in [0.3, 0.4) is 0 Å². The zero-order chi connectivity index (χ0) is 21.6. The van der Waals surface area contributed by atoms with Crippen LogP contribution < -0.4 is 10.6 Å². The van der Waals surface area contributed by atoms with E-state index in [1.54, 1.807) is 0 Å². The zero-order valence-electron chi connectivity index (χ0n) is 18.7. The van der Waals surface area contributed by atoms with Crippen molar-refractivity contribution < 1.29 is 9.90 Å². The SMILES string of the molecule is CC(C)C(CO)NCCCc1ccc(Cl)c(C(=O)NCC23CCCC(CCC2)C3)c1. The summed E-state index contributed by atoms with van der Waals surface area (Å²) in [5.41, 5.74) is 2.04. The topological polar surface area (TPSA) is 61.4 Å². The molecule has 2 bridgehead atoms. The van der Waals surface area contributed by atoms with E-state index < -0.39 is 0 Å². The zero-order valence-corrected chi connectivity index (χ0v) is 19.4. The number of fused-ring (bicyclic) bond motifs is 2. The molecule has 2 saturated carbocycles. The Kier molecular flexibility index (Phi) is 8.62. The molecule has 0 saturated heterocycles. The molecule has 3 rings (SSSR count). The normalized spacial score (nSPS) is 24.6. The van der Waals surface area contributed by atoms with Crippen molar-refractivity contribution in [2.24, 2.45) is 17.3 Å². The first-order valence-electron chi connectivity index (χ1n) is 11.8. The van der Waals surface area contributed by atoms with Gasteiger partial charge in [-0.15, -0.1) is 0 Å². The van der Waals surface area contributed by atoms with Crippen LogP contribution in [-0.2, 0) is 6.42 Å². The third kappa shape index (κ3) is 6.21. The maximum absolute atomic E-state index is 12.9. The molecule has 1 amide bonds. The molecule has 5 heteroatoms. The fourth-order valence-corrected chi connectivity index (χ4v) is 5.63. The smallest absolute Gasteiger partial charge is 0.252 e. The van der Waals surface area contributed by atoms with Crippen molar-refractivity contribution in [3.8, 4) is 0 Å². The van der Waals surface area contributed by atoms with E-state index in [0.29, 0.717) is 21.9 Å². The number of nitrogens with one attached hydrogen (secondary N) is 2. The molecular formula is C25H39ClN2O2. The molecule has 168 valence electrons. The van der Waals surface area contributed by atoms with Gasteiger partial charge in [0.1, 0.15) is 0 Å². The van der Waals surface area contributed by atoms with Crippen molar-refractivity contribution >= 4 is 17.5 Å². The number of rotatable bonds is 10. The van der Waals surface area contributed by atoms with Gasteiger partial charge in [0, 0.05) is 12.6 Å². The summed E-state index contributed by atoms with van der Waals surface area (Å²) in [5.74, 6) is 1.23. The molecule has 2 aliphatic rings. The van der Waals surface area contributed by atoms with Crippen LogP contribution in [0.1, 0.15) is 81.1 Å². The summed E-state index contributed by atoms with van der Waals surface area (Å²) in [6, 6.07) is 5.94. The van der Waals surface area contributed by atoms with Crippen molar-refractivity contribution in [3.05, 3.63) is 34.3 Å². The lowest BCUT2D eigenvalue weighted by atomic mass is 9.62. The number of carbonyl (C=O) groups is 1. The van der Waals surface area contributed by atoms with Crippen LogP contribution in [0.15, 0.2) is 18.2 Å². The Morgan fingerprint density at radius 2 is 2.00 bits per heavy atom. The lowest BCUT2D eigenvalue weighted by Gasteiger charge is -2.45. The molecule has 0 spiro atoms. The highest BCUT2D eigenvalue weighted by atomic mass is 35.5. The van der Waals surface area contributed by atoms with Crippen LogP contribution in [0.25, 0.3) is 0 Å². The third-order valence-corrected chi connectivity index (χ3v) is 7.64. The minimum atomic E-state index is -0.0396. The van der Waals surface area contributed by atoms with Gasteiger partial charge >= 0.3 is 0 Å². The highest BCUT2D eigenvalue weighted by Crippen LogP contribution is 2.48. The fourth-order valence-electron chi connectivity index (χ4n) is 5.43. The number of aliphatic hydroxyl groups is 1. The molecular weight excluding hydrogens is 396 g/mol. The summed E-state index contributed by atoms with van der Waals surface area (Å²) in [7, 11) is 0. The monoisotopic (exact) mass is 434 g/mol. The Morgan fingerprint density at radius 1 is 1.27 bits per heavy atom. The summed E-state index contributed by atoms with van der Waals surface area (Å²) in [6.07, 6.45) is 11.0. The summed E-state index contributed by atoms with van der Waals surface area (Å²) < 4.78 is 0. The van der Waals surface area contributed by atoms with E-state index in [1.807, 2.05) is 18.2 Å². The fraction of sp³-hybridized carbons (Fsp3) is 0.720. The number of amides is 1. The first kappa shape index (κ1) is 23.6. The Balaban J connectivity index is 1.52. The number of carbonyl (C=O) groups excluding carboxylic acids is 1. The second-order valence-electron chi connectivity index (χ2n) is 9.94. The minimum absolute atomic E-state index is 0.0396. The average Bonchev–Trinajstić information content (AvgIpc) is 2.73. The van der Waals surface area contributed by atoms with Crippen LogP contribution in [0.2, 0.25) is 5.02 Å². The largest absolute Gasteiger partial charge is 0.395 e. The van der Waals surface area contributed by atoms with Gasteiger partial charge in [-0.2, -0.15) is 0 Å². The van der Waals surface area contributed by atoms with Gasteiger partial charge in [0.2, 0.25) is 0 Å². The summed E-state index contributed by atoms with van der Waals surface area (Å²) in [5, 5.41) is 16.6. The van der Waals surface area contributed by atoms with Crippen LogP contribution in [0.4, 0.5) is 0 Å². The van der Waals surface area contributed by atoms with Crippen LogP contribution in [0, 0.1) is 17.3 Å². The van der Waals surface area contributed by atoms with Gasteiger partial charge in [-0.05, 0) is 73.6 Å². The van der Waals surface area contributed by atoms with E-state index in [1.165, 1.54) is 44.9 Å². The summed E-state index contributed by atoms with van der Waals surface area (Å²) in [4.78, 5) is 12.9. The Morgan fingerprint density at radius 3 is 2.67 bits per heavy atom. The van der Waals surface area contributed by atoms with Crippen molar-refractivity contribution in [1.29, 1.82) is 0 Å². The van der Waals surface area contributed by atoms with Gasteiger partial charge in [0.05, 0.1) is 17.2 Å². The second kappa shape index (κ2) is 11.0. The van der Waals surface area contributed by atoms with Crippen molar-refractivity contribution in [2.45, 2.75) is 77.7 Å². The minimum Gasteiger partial charge on any atom is -0.395 e. The van der Waals surface area contributed by atoms with Gasteiger partial charge in [-0.25, -0.2) is 0 Å². The Labute approximate surface area is 187 Å². The van der Waals surface area contributed by atoms with Crippen LogP contribution in [-0.4, -0.2) is 36.8 Å². The third-order valence-electron chi connectivity index (χ3n) is 7.31. The Bertz CT molecular complexity index is 696. The molecule has 30 heavy (non-hydrogen) atoms. The molecule has 0 aromatic heterocycles. The first-order chi connectivity index (χ1) is 14.4.